The molecule has 2 aliphatic rings. The smallest absolute Gasteiger partial charge is 0.316 e. The molecule has 1 unspecified atom stereocenters. The lowest BCUT2D eigenvalue weighted by molar-refractivity contribution is -0.148. The normalized spacial score (nSPS) is 30.8. The minimum Gasteiger partial charge on any atom is -0.461 e. The van der Waals surface area contributed by atoms with Gasteiger partial charge in [0.15, 0.2) is 0 Å². The molecule has 2 atom stereocenters. The van der Waals surface area contributed by atoms with Gasteiger partial charge in [0.25, 0.3) is 0 Å². The summed E-state index contributed by atoms with van der Waals surface area (Å²) in [6.45, 7) is 0.426. The molecule has 0 saturated heterocycles. The molecular weight excluding hydrogens is 212 g/mol. The predicted molar refractivity (Wildman–Crippen MR) is 66.1 cm³/mol. The number of hydrogen-bond acceptors (Lipinski definition) is 2. The van der Waals surface area contributed by atoms with Crippen LogP contribution in [0, 0.1) is 11.3 Å². The van der Waals surface area contributed by atoms with Crippen LogP contribution in [0.3, 0.4) is 0 Å². The standard InChI is InChI=1S/C15H14O2/c16-14-15(9-4-10-17-14)11-13(15)8-7-12-5-2-1-3-6-12/h1-9,13H,10-11H2/t13?,15-/m1/s1. The monoisotopic (exact) mass is 226 g/mol. The van der Waals surface area contributed by atoms with Crippen molar-refractivity contribution in [3.05, 3.63) is 54.1 Å². The summed E-state index contributed by atoms with van der Waals surface area (Å²) in [4.78, 5) is 11.7. The van der Waals surface area contributed by atoms with Gasteiger partial charge in [0.2, 0.25) is 0 Å². The Balaban J connectivity index is 1.73. The second-order valence-electron chi connectivity index (χ2n) is 4.62. The number of benzene rings is 1. The summed E-state index contributed by atoms with van der Waals surface area (Å²) in [5.74, 6) is 0.231. The highest BCUT2D eigenvalue weighted by atomic mass is 16.5. The number of carbonyl (C=O) groups is 1. The van der Waals surface area contributed by atoms with E-state index in [-0.39, 0.29) is 11.4 Å². The first kappa shape index (κ1) is 10.3. The highest BCUT2D eigenvalue weighted by molar-refractivity contribution is 5.85. The summed E-state index contributed by atoms with van der Waals surface area (Å²) in [7, 11) is 0. The van der Waals surface area contributed by atoms with Gasteiger partial charge >= 0.3 is 5.97 Å². The number of cyclic esters (lactones) is 1. The van der Waals surface area contributed by atoms with E-state index in [0.717, 1.165) is 6.42 Å². The van der Waals surface area contributed by atoms with Crippen molar-refractivity contribution in [2.24, 2.45) is 11.3 Å². The molecule has 1 aromatic rings. The summed E-state index contributed by atoms with van der Waals surface area (Å²) in [5, 5.41) is 0. The van der Waals surface area contributed by atoms with E-state index in [1.165, 1.54) is 5.56 Å². The van der Waals surface area contributed by atoms with Crippen LogP contribution < -0.4 is 0 Å². The van der Waals surface area contributed by atoms with Crippen LogP contribution in [0.4, 0.5) is 0 Å². The lowest BCUT2D eigenvalue weighted by atomic mass is 10.0. The fourth-order valence-corrected chi connectivity index (χ4v) is 2.35. The molecular formula is C15H14O2. The molecule has 1 aliphatic heterocycles. The molecule has 0 aromatic heterocycles. The molecule has 2 heteroatoms. The van der Waals surface area contributed by atoms with E-state index in [9.17, 15) is 4.79 Å². The van der Waals surface area contributed by atoms with Gasteiger partial charge in [0.05, 0.1) is 5.41 Å². The second kappa shape index (κ2) is 3.88. The van der Waals surface area contributed by atoms with E-state index in [4.69, 9.17) is 4.74 Å². The third kappa shape index (κ3) is 1.80. The van der Waals surface area contributed by atoms with Gasteiger partial charge in [-0.3, -0.25) is 4.79 Å². The Morgan fingerprint density at radius 1 is 1.29 bits per heavy atom. The third-order valence-corrected chi connectivity index (χ3v) is 3.49. The molecule has 0 amide bonds. The van der Waals surface area contributed by atoms with Crippen molar-refractivity contribution in [3.63, 3.8) is 0 Å². The Bertz CT molecular complexity index is 487. The van der Waals surface area contributed by atoms with Crippen molar-refractivity contribution < 1.29 is 9.53 Å². The third-order valence-electron chi connectivity index (χ3n) is 3.49. The Kier molecular flexibility index (Phi) is 2.36. The summed E-state index contributed by atoms with van der Waals surface area (Å²) in [5.41, 5.74) is 0.825. The lowest BCUT2D eigenvalue weighted by Gasteiger charge is -2.14. The average molecular weight is 226 g/mol. The first-order chi connectivity index (χ1) is 8.31. The minimum atomic E-state index is -0.344. The van der Waals surface area contributed by atoms with E-state index in [0.29, 0.717) is 12.5 Å². The van der Waals surface area contributed by atoms with Gasteiger partial charge in [-0.2, -0.15) is 0 Å². The van der Waals surface area contributed by atoms with Crippen molar-refractivity contribution in [2.45, 2.75) is 6.42 Å². The maximum atomic E-state index is 11.7. The molecule has 1 fully saturated rings. The number of ether oxygens (including phenoxy) is 1. The minimum absolute atomic E-state index is 0.0669. The van der Waals surface area contributed by atoms with Crippen LogP contribution in [-0.4, -0.2) is 12.6 Å². The number of rotatable bonds is 2. The Morgan fingerprint density at radius 3 is 2.88 bits per heavy atom. The Morgan fingerprint density at radius 2 is 2.12 bits per heavy atom. The molecule has 1 saturated carbocycles. The maximum absolute atomic E-state index is 11.7. The molecule has 3 rings (SSSR count). The molecule has 86 valence electrons. The molecule has 0 bridgehead atoms. The van der Waals surface area contributed by atoms with Crippen LogP contribution in [0.25, 0.3) is 6.08 Å². The fraction of sp³-hybridized carbons (Fsp3) is 0.267. The Labute approximate surface area is 101 Å². The van der Waals surface area contributed by atoms with Gasteiger partial charge in [-0.25, -0.2) is 0 Å². The van der Waals surface area contributed by atoms with Crippen molar-refractivity contribution in [1.82, 2.24) is 0 Å². The largest absolute Gasteiger partial charge is 0.461 e. The summed E-state index contributed by atoms with van der Waals surface area (Å²) in [6, 6.07) is 10.1. The van der Waals surface area contributed by atoms with E-state index >= 15 is 0 Å². The van der Waals surface area contributed by atoms with Crippen molar-refractivity contribution in [3.8, 4) is 0 Å². The SMILES string of the molecule is O=C1OCC=C[C@]12CC2C=Cc1ccccc1. The highest BCUT2D eigenvalue weighted by Crippen LogP contribution is 2.56. The number of allylic oxidation sites excluding steroid dienone is 1. The summed E-state index contributed by atoms with van der Waals surface area (Å²) >= 11 is 0. The van der Waals surface area contributed by atoms with E-state index in [1.54, 1.807) is 0 Å². The lowest BCUT2D eigenvalue weighted by Crippen LogP contribution is -2.22. The molecule has 1 aliphatic carbocycles. The van der Waals surface area contributed by atoms with Crippen molar-refractivity contribution >= 4 is 12.0 Å². The quantitative estimate of drug-likeness (QED) is 0.572. The molecule has 17 heavy (non-hydrogen) atoms. The molecule has 0 radical (unpaired) electrons. The maximum Gasteiger partial charge on any atom is 0.316 e. The zero-order valence-corrected chi connectivity index (χ0v) is 9.50. The molecule has 1 heterocycles. The number of carbonyl (C=O) groups excluding carboxylic acids is 1. The number of esters is 1. The van der Waals surface area contributed by atoms with Crippen LogP contribution >= 0.6 is 0 Å². The van der Waals surface area contributed by atoms with E-state index in [2.05, 4.69) is 24.3 Å². The van der Waals surface area contributed by atoms with Crippen LogP contribution in [0.5, 0.6) is 0 Å². The van der Waals surface area contributed by atoms with Gasteiger partial charge in [0, 0.05) is 0 Å². The second-order valence-corrected chi connectivity index (χ2v) is 4.62. The zero-order valence-electron chi connectivity index (χ0n) is 9.50. The van der Waals surface area contributed by atoms with Crippen molar-refractivity contribution in [2.75, 3.05) is 6.61 Å². The van der Waals surface area contributed by atoms with Crippen LogP contribution in [0.1, 0.15) is 12.0 Å². The Hall–Kier alpha value is -1.83. The first-order valence-corrected chi connectivity index (χ1v) is 5.89. The predicted octanol–water partition coefficient (Wildman–Crippen LogP) is 2.82. The average Bonchev–Trinajstić information content (AvgIpc) is 3.07. The highest BCUT2D eigenvalue weighted by Gasteiger charge is 2.58. The van der Waals surface area contributed by atoms with Crippen LogP contribution in [0.15, 0.2) is 48.6 Å². The van der Waals surface area contributed by atoms with Crippen molar-refractivity contribution in [1.29, 1.82) is 0 Å². The molecule has 1 spiro atoms. The topological polar surface area (TPSA) is 26.3 Å². The molecule has 1 aromatic carbocycles. The zero-order chi connectivity index (χ0) is 11.7. The number of hydrogen-bond donors (Lipinski definition) is 0. The summed E-state index contributed by atoms with van der Waals surface area (Å²) < 4.78 is 5.08. The van der Waals surface area contributed by atoms with Gasteiger partial charge in [-0.1, -0.05) is 54.6 Å². The van der Waals surface area contributed by atoms with Gasteiger partial charge in [-0.05, 0) is 17.9 Å². The molecule has 0 N–H and O–H groups in total. The van der Waals surface area contributed by atoms with Crippen LogP contribution in [0.2, 0.25) is 0 Å². The van der Waals surface area contributed by atoms with Gasteiger partial charge in [0.1, 0.15) is 6.61 Å². The van der Waals surface area contributed by atoms with E-state index in [1.807, 2.05) is 30.4 Å². The van der Waals surface area contributed by atoms with Crippen LogP contribution in [-0.2, 0) is 9.53 Å². The van der Waals surface area contributed by atoms with Gasteiger partial charge in [-0.15, -0.1) is 0 Å². The first-order valence-electron chi connectivity index (χ1n) is 5.89. The fourth-order valence-electron chi connectivity index (χ4n) is 2.35. The summed E-state index contributed by atoms with van der Waals surface area (Å²) in [6.07, 6.45) is 9.03. The molecule has 2 nitrogen and oxygen atoms in total. The van der Waals surface area contributed by atoms with Gasteiger partial charge < -0.3 is 4.74 Å². The van der Waals surface area contributed by atoms with E-state index < -0.39 is 0 Å².